The molecule has 5 nitrogen and oxygen atoms in total. The van der Waals surface area contributed by atoms with E-state index in [0.717, 1.165) is 22.5 Å². The van der Waals surface area contributed by atoms with Gasteiger partial charge in [-0.2, -0.15) is 0 Å². The van der Waals surface area contributed by atoms with E-state index in [0.29, 0.717) is 17.1 Å². The second kappa shape index (κ2) is 6.04. The van der Waals surface area contributed by atoms with Crippen molar-refractivity contribution in [2.45, 2.75) is 6.92 Å². The number of nitrogens with one attached hydrogen (secondary N) is 2. The summed E-state index contributed by atoms with van der Waals surface area (Å²) < 4.78 is 10.5. The van der Waals surface area contributed by atoms with Crippen LogP contribution in [0.2, 0.25) is 0 Å². The molecule has 0 aromatic heterocycles. The van der Waals surface area contributed by atoms with Crippen molar-refractivity contribution in [1.82, 2.24) is 0 Å². The van der Waals surface area contributed by atoms with Crippen LogP contribution in [0.1, 0.15) is 11.1 Å². The number of carbonyl (C=O) groups is 1. The van der Waals surface area contributed by atoms with E-state index in [-0.39, 0.29) is 5.91 Å². The molecular weight excluding hydrogens is 292 g/mol. The fraction of sp³-hybridized carbons (Fsp3) is 0.167. The van der Waals surface area contributed by atoms with Gasteiger partial charge in [0.15, 0.2) is 11.5 Å². The summed E-state index contributed by atoms with van der Waals surface area (Å²) in [4.78, 5) is 12.2. The average Bonchev–Trinajstić information content (AvgIpc) is 2.89. The van der Waals surface area contributed by atoms with Gasteiger partial charge in [0.1, 0.15) is 0 Å². The van der Waals surface area contributed by atoms with Crippen molar-refractivity contribution in [3.8, 4) is 11.5 Å². The highest BCUT2D eigenvalue weighted by atomic mass is 16.5. The van der Waals surface area contributed by atoms with Gasteiger partial charge in [-0.15, -0.1) is 0 Å². The lowest BCUT2D eigenvalue weighted by atomic mass is 10.0. The third-order valence-electron chi connectivity index (χ3n) is 3.80. The maximum Gasteiger partial charge on any atom is 0.257 e. The van der Waals surface area contributed by atoms with Crippen LogP contribution < -0.4 is 20.1 Å². The smallest absolute Gasteiger partial charge is 0.257 e. The number of hydrogen-bond donors (Lipinski definition) is 2. The van der Waals surface area contributed by atoms with Crippen LogP contribution in [0.25, 0.3) is 5.57 Å². The molecule has 1 aliphatic heterocycles. The fourth-order valence-electron chi connectivity index (χ4n) is 2.65. The minimum atomic E-state index is -0.109. The van der Waals surface area contributed by atoms with E-state index in [9.17, 15) is 4.79 Å². The van der Waals surface area contributed by atoms with Crippen LogP contribution in [0.4, 0.5) is 11.4 Å². The lowest BCUT2D eigenvalue weighted by Gasteiger charge is -2.10. The largest absolute Gasteiger partial charge is 0.493 e. The lowest BCUT2D eigenvalue weighted by molar-refractivity contribution is -0.110. The Bertz CT molecular complexity index is 797. The van der Waals surface area contributed by atoms with Gasteiger partial charge < -0.3 is 20.1 Å². The molecule has 5 heteroatoms. The van der Waals surface area contributed by atoms with Gasteiger partial charge in [0.2, 0.25) is 0 Å². The molecule has 118 valence electrons. The number of ether oxygens (including phenoxy) is 2. The second-order valence-corrected chi connectivity index (χ2v) is 5.22. The molecule has 23 heavy (non-hydrogen) atoms. The van der Waals surface area contributed by atoms with Gasteiger partial charge in [-0.3, -0.25) is 4.79 Å². The summed E-state index contributed by atoms with van der Waals surface area (Å²) in [6.45, 7) is 1.99. The van der Waals surface area contributed by atoms with Crippen LogP contribution in [0.5, 0.6) is 11.5 Å². The zero-order valence-corrected chi connectivity index (χ0v) is 13.3. The van der Waals surface area contributed by atoms with Gasteiger partial charge in [-0.05, 0) is 30.7 Å². The molecule has 0 fully saturated rings. The van der Waals surface area contributed by atoms with E-state index in [1.54, 1.807) is 20.4 Å². The summed E-state index contributed by atoms with van der Waals surface area (Å²) in [5.74, 6) is 1.18. The van der Waals surface area contributed by atoms with E-state index in [2.05, 4.69) is 10.6 Å². The maximum absolute atomic E-state index is 12.2. The van der Waals surface area contributed by atoms with Crippen LogP contribution in [0.15, 0.2) is 42.6 Å². The fourth-order valence-corrected chi connectivity index (χ4v) is 2.65. The average molecular weight is 310 g/mol. The second-order valence-electron chi connectivity index (χ2n) is 5.22. The zero-order chi connectivity index (χ0) is 16.4. The Morgan fingerprint density at radius 1 is 1.09 bits per heavy atom. The molecule has 0 bridgehead atoms. The highest BCUT2D eigenvalue weighted by Gasteiger charge is 2.25. The van der Waals surface area contributed by atoms with Crippen molar-refractivity contribution >= 4 is 22.9 Å². The standard InChI is InChI=1S/C18H18N2O3/c1-11-5-4-6-14-17(11)13(18(21)20-14)10-19-12-7-8-15(22-2)16(9-12)23-3/h4-10,19H,1-3H3,(H,20,21)/b13-10+. The number of hydrogen-bond acceptors (Lipinski definition) is 4. The Morgan fingerprint density at radius 3 is 2.61 bits per heavy atom. The van der Waals surface area contributed by atoms with Gasteiger partial charge >= 0.3 is 0 Å². The monoisotopic (exact) mass is 310 g/mol. The summed E-state index contributed by atoms with van der Waals surface area (Å²) in [5, 5.41) is 6.03. The first-order valence-corrected chi connectivity index (χ1v) is 7.24. The first-order chi connectivity index (χ1) is 11.1. The molecule has 3 rings (SSSR count). The third-order valence-corrected chi connectivity index (χ3v) is 3.80. The van der Waals surface area contributed by atoms with Crippen LogP contribution in [-0.2, 0) is 4.79 Å². The molecule has 0 saturated heterocycles. The van der Waals surface area contributed by atoms with Crippen molar-refractivity contribution < 1.29 is 14.3 Å². The number of anilines is 2. The normalized spacial score (nSPS) is 14.4. The molecule has 0 atom stereocenters. The molecule has 1 heterocycles. The van der Waals surface area contributed by atoms with Crippen molar-refractivity contribution in [3.63, 3.8) is 0 Å². The van der Waals surface area contributed by atoms with Gasteiger partial charge in [0, 0.05) is 29.2 Å². The number of benzene rings is 2. The van der Waals surface area contributed by atoms with E-state index >= 15 is 0 Å². The summed E-state index contributed by atoms with van der Waals surface area (Å²) in [5.41, 5.74) is 4.26. The number of carbonyl (C=O) groups excluding carboxylic acids is 1. The van der Waals surface area contributed by atoms with Crippen LogP contribution in [0.3, 0.4) is 0 Å². The predicted molar refractivity (Wildman–Crippen MR) is 91.0 cm³/mol. The Kier molecular flexibility index (Phi) is 3.93. The number of amides is 1. The molecular formula is C18H18N2O3. The van der Waals surface area contributed by atoms with Gasteiger partial charge in [-0.1, -0.05) is 12.1 Å². The Balaban J connectivity index is 1.91. The predicted octanol–water partition coefficient (Wildman–Crippen LogP) is 3.42. The number of fused-ring (bicyclic) bond motifs is 1. The molecule has 0 spiro atoms. The molecule has 2 N–H and O–H groups in total. The van der Waals surface area contributed by atoms with E-state index in [1.165, 1.54) is 0 Å². The molecule has 0 saturated carbocycles. The van der Waals surface area contributed by atoms with Crippen LogP contribution in [-0.4, -0.2) is 20.1 Å². The summed E-state index contributed by atoms with van der Waals surface area (Å²) >= 11 is 0. The topological polar surface area (TPSA) is 59.6 Å². The Labute approximate surface area is 134 Å². The lowest BCUT2D eigenvalue weighted by Crippen LogP contribution is -2.05. The third kappa shape index (κ3) is 2.73. The van der Waals surface area contributed by atoms with Crippen LogP contribution in [0, 0.1) is 6.92 Å². The van der Waals surface area contributed by atoms with Gasteiger partial charge in [0.25, 0.3) is 5.91 Å². The van der Waals surface area contributed by atoms with E-state index < -0.39 is 0 Å². The number of aryl methyl sites for hydroxylation is 1. The number of methoxy groups -OCH3 is 2. The van der Waals surface area contributed by atoms with Crippen LogP contribution >= 0.6 is 0 Å². The first kappa shape index (κ1) is 15.0. The Morgan fingerprint density at radius 2 is 1.87 bits per heavy atom. The van der Waals surface area contributed by atoms with Crippen molar-refractivity contribution in [3.05, 3.63) is 53.7 Å². The van der Waals surface area contributed by atoms with Crippen molar-refractivity contribution in [2.24, 2.45) is 0 Å². The zero-order valence-electron chi connectivity index (χ0n) is 13.3. The van der Waals surface area contributed by atoms with Gasteiger partial charge in [0.05, 0.1) is 19.8 Å². The highest BCUT2D eigenvalue weighted by Crippen LogP contribution is 2.35. The summed E-state index contributed by atoms with van der Waals surface area (Å²) in [6, 6.07) is 11.3. The molecule has 0 radical (unpaired) electrons. The van der Waals surface area contributed by atoms with E-state index in [1.807, 2.05) is 43.3 Å². The quantitative estimate of drug-likeness (QED) is 0.850. The van der Waals surface area contributed by atoms with Gasteiger partial charge in [-0.25, -0.2) is 0 Å². The molecule has 1 aliphatic rings. The SMILES string of the molecule is COc1ccc(N/C=C2/C(=O)Nc3cccc(C)c32)cc1OC. The minimum absolute atomic E-state index is 0.109. The maximum atomic E-state index is 12.2. The molecule has 1 amide bonds. The molecule has 2 aromatic carbocycles. The number of rotatable bonds is 4. The Hall–Kier alpha value is -2.95. The molecule has 2 aromatic rings. The molecule has 0 aliphatic carbocycles. The summed E-state index contributed by atoms with van der Waals surface area (Å²) in [7, 11) is 3.18. The molecule has 0 unspecified atom stereocenters. The van der Waals surface area contributed by atoms with Crippen molar-refractivity contribution in [2.75, 3.05) is 24.9 Å². The summed E-state index contributed by atoms with van der Waals surface area (Å²) in [6.07, 6.45) is 1.72. The van der Waals surface area contributed by atoms with E-state index in [4.69, 9.17) is 9.47 Å². The minimum Gasteiger partial charge on any atom is -0.493 e. The van der Waals surface area contributed by atoms with Crippen molar-refractivity contribution in [1.29, 1.82) is 0 Å². The highest BCUT2D eigenvalue weighted by molar-refractivity contribution is 6.32. The first-order valence-electron chi connectivity index (χ1n) is 7.24.